The number of hydrogen-bond donors (Lipinski definition) is 2. The van der Waals surface area contributed by atoms with Crippen molar-refractivity contribution in [2.75, 3.05) is 18.5 Å². The van der Waals surface area contributed by atoms with Crippen LogP contribution in [0.5, 0.6) is 0 Å². The first-order valence-electron chi connectivity index (χ1n) is 7.33. The van der Waals surface area contributed by atoms with E-state index in [9.17, 15) is 4.79 Å². The first kappa shape index (κ1) is 16.7. The molecular formula is C15H27N3O2. The van der Waals surface area contributed by atoms with Crippen LogP contribution in [0.25, 0.3) is 0 Å². The number of hydrogen-bond acceptors (Lipinski definition) is 4. The number of anilines is 1. The van der Waals surface area contributed by atoms with Crippen LogP contribution < -0.4 is 10.9 Å². The molecule has 0 amide bonds. The van der Waals surface area contributed by atoms with Gasteiger partial charge in [0, 0.05) is 31.1 Å². The molecule has 0 spiro atoms. The van der Waals surface area contributed by atoms with Crippen molar-refractivity contribution in [2.24, 2.45) is 5.92 Å². The maximum atomic E-state index is 12.3. The van der Waals surface area contributed by atoms with E-state index in [1.165, 1.54) is 0 Å². The van der Waals surface area contributed by atoms with Crippen LogP contribution in [0.4, 0.5) is 5.82 Å². The predicted octanol–water partition coefficient (Wildman–Crippen LogP) is 2.21. The van der Waals surface area contributed by atoms with E-state index in [1.807, 2.05) is 20.8 Å². The van der Waals surface area contributed by atoms with E-state index >= 15 is 0 Å². The van der Waals surface area contributed by atoms with E-state index in [-0.39, 0.29) is 17.7 Å². The summed E-state index contributed by atoms with van der Waals surface area (Å²) < 4.78 is 1.68. The highest BCUT2D eigenvalue weighted by molar-refractivity contribution is 5.31. The topological polar surface area (TPSA) is 67.2 Å². The average molecular weight is 281 g/mol. The molecule has 1 aromatic heterocycles. The Balaban J connectivity index is 2.80. The van der Waals surface area contributed by atoms with Gasteiger partial charge in [0.15, 0.2) is 5.82 Å². The van der Waals surface area contributed by atoms with Crippen molar-refractivity contribution in [2.45, 2.75) is 52.5 Å². The van der Waals surface area contributed by atoms with Gasteiger partial charge in [-0.25, -0.2) is 4.98 Å². The lowest BCUT2D eigenvalue weighted by Gasteiger charge is -2.23. The summed E-state index contributed by atoms with van der Waals surface area (Å²) in [5.74, 6) is 0.760. The lowest BCUT2D eigenvalue weighted by Crippen LogP contribution is -2.35. The molecule has 114 valence electrons. The maximum Gasteiger partial charge on any atom is 0.293 e. The third kappa shape index (κ3) is 4.63. The molecule has 0 aliphatic rings. The Hall–Kier alpha value is -1.36. The Bertz CT molecular complexity index is 457. The lowest BCUT2D eigenvalue weighted by molar-refractivity contribution is 0.255. The van der Waals surface area contributed by atoms with Crippen LogP contribution in [-0.2, 0) is 5.54 Å². The number of aliphatic hydroxyl groups is 1. The Morgan fingerprint density at radius 3 is 2.65 bits per heavy atom. The number of nitrogens with one attached hydrogen (secondary N) is 1. The monoisotopic (exact) mass is 281 g/mol. The highest BCUT2D eigenvalue weighted by Crippen LogP contribution is 2.13. The van der Waals surface area contributed by atoms with Gasteiger partial charge in [0.25, 0.3) is 5.56 Å². The van der Waals surface area contributed by atoms with Crippen molar-refractivity contribution < 1.29 is 5.11 Å². The second-order valence-electron chi connectivity index (χ2n) is 6.17. The van der Waals surface area contributed by atoms with E-state index in [4.69, 9.17) is 5.11 Å². The summed E-state index contributed by atoms with van der Waals surface area (Å²) in [6.07, 6.45) is 6.22. The van der Waals surface area contributed by atoms with Crippen LogP contribution >= 0.6 is 0 Å². The molecule has 2 N–H and O–H groups in total. The van der Waals surface area contributed by atoms with Crippen molar-refractivity contribution in [1.29, 1.82) is 0 Å². The first-order chi connectivity index (χ1) is 9.40. The molecule has 1 unspecified atom stereocenters. The van der Waals surface area contributed by atoms with E-state index in [1.54, 1.807) is 17.0 Å². The minimum absolute atomic E-state index is 0.0979. The van der Waals surface area contributed by atoms with Gasteiger partial charge in [-0.1, -0.05) is 13.3 Å². The normalized spacial score (nSPS) is 13.2. The second-order valence-corrected chi connectivity index (χ2v) is 6.17. The zero-order valence-corrected chi connectivity index (χ0v) is 13.0. The highest BCUT2D eigenvalue weighted by Gasteiger charge is 2.17. The summed E-state index contributed by atoms with van der Waals surface area (Å²) >= 11 is 0. The number of nitrogens with zero attached hydrogens (tertiary/aromatic N) is 2. The molecule has 5 nitrogen and oxygen atoms in total. The summed E-state index contributed by atoms with van der Waals surface area (Å²) in [5.41, 5.74) is -0.357. The van der Waals surface area contributed by atoms with Crippen molar-refractivity contribution in [3.05, 3.63) is 22.7 Å². The molecule has 0 bridgehead atoms. The van der Waals surface area contributed by atoms with Crippen LogP contribution in [0.1, 0.15) is 47.0 Å². The Labute approximate surface area is 121 Å². The highest BCUT2D eigenvalue weighted by atomic mass is 16.3. The minimum atomic E-state index is -0.260. The second kappa shape index (κ2) is 7.43. The largest absolute Gasteiger partial charge is 0.396 e. The van der Waals surface area contributed by atoms with Crippen molar-refractivity contribution in [1.82, 2.24) is 9.55 Å². The van der Waals surface area contributed by atoms with Gasteiger partial charge in [0.2, 0.25) is 0 Å². The van der Waals surface area contributed by atoms with Gasteiger partial charge in [-0.05, 0) is 39.5 Å². The van der Waals surface area contributed by atoms with E-state index in [0.29, 0.717) is 18.3 Å². The molecule has 0 saturated heterocycles. The van der Waals surface area contributed by atoms with Crippen LogP contribution in [-0.4, -0.2) is 27.8 Å². The Morgan fingerprint density at radius 1 is 1.40 bits per heavy atom. The van der Waals surface area contributed by atoms with Gasteiger partial charge in [-0.3, -0.25) is 4.79 Å². The van der Waals surface area contributed by atoms with Crippen molar-refractivity contribution >= 4 is 5.82 Å². The summed E-state index contributed by atoms with van der Waals surface area (Å²) in [5, 5.41) is 12.2. The molecule has 20 heavy (non-hydrogen) atoms. The van der Waals surface area contributed by atoms with E-state index in [0.717, 1.165) is 19.3 Å². The molecule has 0 aromatic carbocycles. The Kier molecular flexibility index (Phi) is 6.20. The summed E-state index contributed by atoms with van der Waals surface area (Å²) in [6.45, 7) is 8.95. The van der Waals surface area contributed by atoms with Gasteiger partial charge in [-0.15, -0.1) is 0 Å². The molecule has 0 radical (unpaired) electrons. The molecule has 0 saturated carbocycles. The SMILES string of the molecule is CCCC(CCO)CNc1nccn(C(C)(C)C)c1=O. The molecule has 1 aromatic rings. The quantitative estimate of drug-likeness (QED) is 0.804. The van der Waals surface area contributed by atoms with Gasteiger partial charge >= 0.3 is 0 Å². The molecule has 1 rings (SSSR count). The molecule has 0 fully saturated rings. The van der Waals surface area contributed by atoms with Gasteiger partial charge in [0.05, 0.1) is 0 Å². The molecule has 0 aliphatic heterocycles. The summed E-state index contributed by atoms with van der Waals surface area (Å²) in [7, 11) is 0. The lowest BCUT2D eigenvalue weighted by atomic mass is 10.0. The van der Waals surface area contributed by atoms with Gasteiger partial charge < -0.3 is 15.0 Å². The summed E-state index contributed by atoms with van der Waals surface area (Å²) in [6, 6.07) is 0. The molecule has 1 atom stereocenters. The van der Waals surface area contributed by atoms with E-state index in [2.05, 4.69) is 17.2 Å². The smallest absolute Gasteiger partial charge is 0.293 e. The fraction of sp³-hybridized carbons (Fsp3) is 0.733. The van der Waals surface area contributed by atoms with Crippen LogP contribution in [0.2, 0.25) is 0 Å². The first-order valence-corrected chi connectivity index (χ1v) is 7.33. The number of rotatable bonds is 7. The fourth-order valence-electron chi connectivity index (χ4n) is 2.24. The van der Waals surface area contributed by atoms with Crippen molar-refractivity contribution in [3.63, 3.8) is 0 Å². The van der Waals surface area contributed by atoms with E-state index < -0.39 is 0 Å². The molecule has 0 aliphatic carbocycles. The summed E-state index contributed by atoms with van der Waals surface area (Å²) in [4.78, 5) is 16.5. The minimum Gasteiger partial charge on any atom is -0.396 e. The third-order valence-corrected chi connectivity index (χ3v) is 3.36. The predicted molar refractivity (Wildman–Crippen MR) is 82.1 cm³/mol. The zero-order valence-electron chi connectivity index (χ0n) is 13.0. The number of aliphatic hydroxyl groups excluding tert-OH is 1. The van der Waals surface area contributed by atoms with Crippen LogP contribution in [0.3, 0.4) is 0 Å². The van der Waals surface area contributed by atoms with Crippen LogP contribution in [0, 0.1) is 5.92 Å². The van der Waals surface area contributed by atoms with Crippen molar-refractivity contribution in [3.8, 4) is 0 Å². The standard InChI is InChI=1S/C15H27N3O2/c1-5-6-12(7-10-19)11-17-13-14(20)18(9-8-16-13)15(2,3)4/h8-9,12,19H,5-7,10-11H2,1-4H3,(H,16,17). The molecular weight excluding hydrogens is 254 g/mol. The molecule has 5 heteroatoms. The molecule has 1 heterocycles. The maximum absolute atomic E-state index is 12.3. The Morgan fingerprint density at radius 2 is 2.10 bits per heavy atom. The fourth-order valence-corrected chi connectivity index (χ4v) is 2.24. The zero-order chi connectivity index (χ0) is 15.2. The number of aromatic nitrogens is 2. The van der Waals surface area contributed by atoms with Gasteiger partial charge in [-0.2, -0.15) is 0 Å². The average Bonchev–Trinajstić information content (AvgIpc) is 2.36. The van der Waals surface area contributed by atoms with Gasteiger partial charge in [0.1, 0.15) is 0 Å². The third-order valence-electron chi connectivity index (χ3n) is 3.36. The van der Waals surface area contributed by atoms with Crippen LogP contribution in [0.15, 0.2) is 17.2 Å².